The smallest absolute Gasteiger partial charge is 0.0629 e. The zero-order valence-corrected chi connectivity index (χ0v) is 5.78. The molecular weight excluding hydrogens is 122 g/mol. The number of hydrogen-bond acceptors (Lipinski definition) is 2. The molecule has 1 heterocycles. The lowest BCUT2D eigenvalue weighted by Gasteiger charge is -2.26. The summed E-state index contributed by atoms with van der Waals surface area (Å²) in [6.07, 6.45) is 0. The van der Waals surface area contributed by atoms with Gasteiger partial charge in [-0.15, -0.1) is 0 Å². The Kier molecular flexibility index (Phi) is 2.16. The van der Waals surface area contributed by atoms with Gasteiger partial charge in [0.05, 0.1) is 13.2 Å². The van der Waals surface area contributed by atoms with Crippen LogP contribution < -0.4 is 0 Å². The van der Waals surface area contributed by atoms with Gasteiger partial charge in [0.25, 0.3) is 0 Å². The molecule has 47 valence electrons. The van der Waals surface area contributed by atoms with E-state index in [9.17, 15) is 0 Å². The highest BCUT2D eigenvalue weighted by Crippen LogP contribution is 2.06. The first kappa shape index (κ1) is 6.39. The summed E-state index contributed by atoms with van der Waals surface area (Å²) in [7, 11) is 0. The predicted molar refractivity (Wildman–Crippen MR) is 34.6 cm³/mol. The second-order valence-electron chi connectivity index (χ2n) is 2.06. The van der Waals surface area contributed by atoms with Crippen LogP contribution in [0.1, 0.15) is 6.92 Å². The van der Waals surface area contributed by atoms with E-state index in [0.29, 0.717) is 6.04 Å². The van der Waals surface area contributed by atoms with E-state index in [1.165, 1.54) is 0 Å². The van der Waals surface area contributed by atoms with Gasteiger partial charge in [0, 0.05) is 25.4 Å². The molecule has 1 saturated heterocycles. The minimum Gasteiger partial charge on any atom is -0.378 e. The maximum absolute atomic E-state index is 5.14. The Morgan fingerprint density at radius 1 is 1.75 bits per heavy atom. The summed E-state index contributed by atoms with van der Waals surface area (Å²) in [5.41, 5.74) is 0. The third kappa shape index (κ3) is 1.37. The van der Waals surface area contributed by atoms with E-state index < -0.39 is 0 Å². The fraction of sp³-hybridized carbons (Fsp3) is 1.00. The largest absolute Gasteiger partial charge is 0.378 e. The molecule has 0 amide bonds. The zero-order valence-electron chi connectivity index (χ0n) is 4.96. The van der Waals surface area contributed by atoms with Crippen LogP contribution in [0.2, 0.25) is 0 Å². The lowest BCUT2D eigenvalue weighted by Crippen LogP contribution is -2.37. The Balaban J connectivity index is 2.28. The van der Waals surface area contributed by atoms with Gasteiger partial charge in [0.15, 0.2) is 0 Å². The van der Waals surface area contributed by atoms with Crippen molar-refractivity contribution in [2.24, 2.45) is 0 Å². The maximum atomic E-state index is 5.14. The molecule has 0 aromatic heterocycles. The molecule has 1 fully saturated rings. The summed E-state index contributed by atoms with van der Waals surface area (Å²) in [4.78, 5) is 0. The summed E-state index contributed by atoms with van der Waals surface area (Å²) >= 11 is 4.96. The molecule has 0 aromatic carbocycles. The van der Waals surface area contributed by atoms with Crippen molar-refractivity contribution < 1.29 is 4.74 Å². The van der Waals surface area contributed by atoms with Gasteiger partial charge < -0.3 is 4.74 Å². The number of hydrogen-bond donors (Lipinski definition) is 0. The van der Waals surface area contributed by atoms with Gasteiger partial charge >= 0.3 is 0 Å². The van der Waals surface area contributed by atoms with Gasteiger partial charge in [-0.2, -0.15) is 0 Å². The second-order valence-corrected chi connectivity index (χ2v) is 2.53. The third-order valence-electron chi connectivity index (χ3n) is 1.31. The Morgan fingerprint density at radius 2 is 2.50 bits per heavy atom. The van der Waals surface area contributed by atoms with Crippen molar-refractivity contribution >= 4 is 12.8 Å². The van der Waals surface area contributed by atoms with Crippen molar-refractivity contribution in [3.8, 4) is 0 Å². The molecule has 0 aromatic rings. The first-order valence-electron chi connectivity index (χ1n) is 2.82. The van der Waals surface area contributed by atoms with E-state index in [2.05, 4.69) is 6.92 Å². The lowest BCUT2D eigenvalue weighted by atomic mass is 10.3. The van der Waals surface area contributed by atoms with Crippen LogP contribution in [-0.4, -0.2) is 30.1 Å². The molecule has 0 bridgehead atoms. The SMILES string of the molecule is CC1COCCN1[S]. The molecule has 1 radical (unpaired) electrons. The topological polar surface area (TPSA) is 12.5 Å². The molecule has 3 heteroatoms. The van der Waals surface area contributed by atoms with Crippen molar-refractivity contribution in [1.29, 1.82) is 0 Å². The van der Waals surface area contributed by atoms with Gasteiger partial charge in [-0.25, -0.2) is 4.31 Å². The van der Waals surface area contributed by atoms with Crippen LogP contribution in [0.3, 0.4) is 0 Å². The quantitative estimate of drug-likeness (QED) is 0.484. The Morgan fingerprint density at radius 3 is 2.88 bits per heavy atom. The molecule has 0 N–H and O–H groups in total. The maximum Gasteiger partial charge on any atom is 0.0629 e. The second kappa shape index (κ2) is 2.71. The molecule has 8 heavy (non-hydrogen) atoms. The van der Waals surface area contributed by atoms with Crippen LogP contribution >= 0.6 is 12.8 Å². The summed E-state index contributed by atoms with van der Waals surface area (Å²) in [5, 5.41) is 0. The van der Waals surface area contributed by atoms with E-state index in [1.807, 2.05) is 4.31 Å². The monoisotopic (exact) mass is 132 g/mol. The lowest BCUT2D eigenvalue weighted by molar-refractivity contribution is 0.0450. The van der Waals surface area contributed by atoms with Gasteiger partial charge in [0.2, 0.25) is 0 Å². The minimum atomic E-state index is 0.429. The van der Waals surface area contributed by atoms with Crippen molar-refractivity contribution in [3.05, 3.63) is 0 Å². The van der Waals surface area contributed by atoms with E-state index in [1.54, 1.807) is 0 Å². The average Bonchev–Trinajstić information content (AvgIpc) is 1.77. The average molecular weight is 132 g/mol. The minimum absolute atomic E-state index is 0.429. The zero-order chi connectivity index (χ0) is 5.98. The summed E-state index contributed by atoms with van der Waals surface area (Å²) in [5.74, 6) is 0. The third-order valence-corrected chi connectivity index (χ3v) is 1.85. The van der Waals surface area contributed by atoms with Crippen molar-refractivity contribution in [2.45, 2.75) is 13.0 Å². The molecule has 1 atom stereocenters. The van der Waals surface area contributed by atoms with E-state index in [4.69, 9.17) is 17.6 Å². The van der Waals surface area contributed by atoms with Crippen molar-refractivity contribution in [3.63, 3.8) is 0 Å². The first-order valence-corrected chi connectivity index (χ1v) is 3.19. The number of morpholine rings is 1. The van der Waals surface area contributed by atoms with Crippen LogP contribution in [0.4, 0.5) is 0 Å². The Hall–Kier alpha value is 0.270. The number of nitrogens with zero attached hydrogens (tertiary/aromatic N) is 1. The molecule has 1 aliphatic rings. The fourth-order valence-electron chi connectivity index (χ4n) is 0.712. The van der Waals surface area contributed by atoms with Crippen LogP contribution in [0.15, 0.2) is 0 Å². The summed E-state index contributed by atoms with van der Waals surface area (Å²) in [6.45, 7) is 4.57. The van der Waals surface area contributed by atoms with Crippen LogP contribution in [-0.2, 0) is 4.74 Å². The van der Waals surface area contributed by atoms with Crippen molar-refractivity contribution in [2.75, 3.05) is 19.8 Å². The highest BCUT2D eigenvalue weighted by atomic mass is 32.1. The molecule has 0 aliphatic carbocycles. The van der Waals surface area contributed by atoms with Gasteiger partial charge in [-0.05, 0) is 6.92 Å². The molecule has 0 spiro atoms. The molecule has 0 saturated carbocycles. The van der Waals surface area contributed by atoms with Gasteiger partial charge in [-0.3, -0.25) is 0 Å². The normalized spacial score (nSPS) is 33.0. The molecule has 1 rings (SSSR count). The fourth-order valence-corrected chi connectivity index (χ4v) is 0.847. The van der Waals surface area contributed by atoms with Crippen LogP contribution in [0.5, 0.6) is 0 Å². The highest BCUT2D eigenvalue weighted by molar-refractivity contribution is 7.77. The Bertz CT molecular complexity index is 68.8. The van der Waals surface area contributed by atoms with Gasteiger partial charge in [-0.1, -0.05) is 0 Å². The molecule has 2 nitrogen and oxygen atoms in total. The summed E-state index contributed by atoms with van der Waals surface area (Å²) < 4.78 is 7.04. The predicted octanol–water partition coefficient (Wildman–Crippen LogP) is 0.820. The molecular formula is C5H10NOS. The van der Waals surface area contributed by atoms with E-state index >= 15 is 0 Å². The first-order chi connectivity index (χ1) is 3.80. The van der Waals surface area contributed by atoms with Crippen LogP contribution in [0, 0.1) is 0 Å². The van der Waals surface area contributed by atoms with Gasteiger partial charge in [0.1, 0.15) is 0 Å². The van der Waals surface area contributed by atoms with Crippen molar-refractivity contribution in [1.82, 2.24) is 4.31 Å². The van der Waals surface area contributed by atoms with E-state index in [0.717, 1.165) is 19.8 Å². The van der Waals surface area contributed by atoms with E-state index in [-0.39, 0.29) is 0 Å². The Labute approximate surface area is 55.4 Å². The number of rotatable bonds is 0. The number of ether oxygens (including phenoxy) is 1. The highest BCUT2D eigenvalue weighted by Gasteiger charge is 2.14. The summed E-state index contributed by atoms with van der Waals surface area (Å²) in [6, 6.07) is 0.429. The van der Waals surface area contributed by atoms with Crippen LogP contribution in [0.25, 0.3) is 0 Å². The molecule has 1 aliphatic heterocycles. The molecule has 1 unspecified atom stereocenters. The standard InChI is InChI=1S/C5H10NOS/c1-5-4-7-3-2-6(5)8/h5H,2-4H2,1H3.